The minimum atomic E-state index is -4.79. The molecule has 2 aromatic rings. The van der Waals surface area contributed by atoms with Crippen LogP contribution in [0.1, 0.15) is 21.5 Å². The number of hydrogen-bond acceptors (Lipinski definition) is 3. The molecule has 1 aromatic carbocycles. The van der Waals surface area contributed by atoms with Crippen molar-refractivity contribution >= 4 is 5.97 Å². The molecule has 4 nitrogen and oxygen atoms in total. The van der Waals surface area contributed by atoms with Crippen molar-refractivity contribution in [3.8, 4) is 17.2 Å². The van der Waals surface area contributed by atoms with E-state index in [1.807, 2.05) is 6.07 Å². The highest BCUT2D eigenvalue weighted by molar-refractivity contribution is 5.90. The normalized spacial score (nSPS) is 11.0. The van der Waals surface area contributed by atoms with Crippen molar-refractivity contribution in [1.29, 1.82) is 5.26 Å². The first-order valence-electron chi connectivity index (χ1n) is 5.63. The van der Waals surface area contributed by atoms with Crippen LogP contribution < -0.4 is 0 Å². The van der Waals surface area contributed by atoms with Gasteiger partial charge in [-0.05, 0) is 23.8 Å². The number of nitriles is 1. The molecule has 2 rings (SSSR count). The van der Waals surface area contributed by atoms with Crippen LogP contribution in [0.4, 0.5) is 13.2 Å². The fourth-order valence-electron chi connectivity index (χ4n) is 1.80. The number of carbonyl (C=O) groups is 1. The topological polar surface area (TPSA) is 74.0 Å². The first-order chi connectivity index (χ1) is 9.82. The van der Waals surface area contributed by atoms with E-state index in [9.17, 15) is 18.0 Å². The lowest BCUT2D eigenvalue weighted by molar-refractivity contribution is -0.138. The minimum absolute atomic E-state index is 0.136. The smallest absolute Gasteiger partial charge is 0.417 e. The van der Waals surface area contributed by atoms with Crippen LogP contribution in [0.15, 0.2) is 36.7 Å². The van der Waals surface area contributed by atoms with E-state index in [1.165, 1.54) is 24.5 Å². The summed E-state index contributed by atoms with van der Waals surface area (Å²) >= 11 is 0. The van der Waals surface area contributed by atoms with Crippen LogP contribution >= 0.6 is 0 Å². The molecule has 0 saturated heterocycles. The van der Waals surface area contributed by atoms with Crippen LogP contribution in [0.25, 0.3) is 11.1 Å². The Labute approximate surface area is 117 Å². The highest BCUT2D eigenvalue weighted by Crippen LogP contribution is 2.35. The predicted molar refractivity (Wildman–Crippen MR) is 66.3 cm³/mol. The molecule has 1 heterocycles. The largest absolute Gasteiger partial charge is 0.478 e. The molecule has 0 fully saturated rings. The molecular weight excluding hydrogens is 285 g/mol. The molecule has 0 atom stereocenters. The Balaban J connectivity index is 2.62. The number of carboxylic acid groups (broad SMARTS) is 1. The summed E-state index contributed by atoms with van der Waals surface area (Å²) in [6.45, 7) is 0. The number of rotatable bonds is 2. The van der Waals surface area contributed by atoms with Crippen molar-refractivity contribution in [2.24, 2.45) is 0 Å². The standard InChI is InChI=1S/C14H7F3N2O2/c15-14(16,17)12-4-9(1-2-11(12)13(20)21)10-3-8(5-18)6-19-7-10/h1-4,6-7H,(H,20,21). The van der Waals surface area contributed by atoms with Gasteiger partial charge in [-0.25, -0.2) is 4.79 Å². The number of carboxylic acids is 1. The third-order valence-corrected chi connectivity index (χ3v) is 2.76. The molecule has 7 heteroatoms. The van der Waals surface area contributed by atoms with Gasteiger partial charge in [0.2, 0.25) is 0 Å². The van der Waals surface area contributed by atoms with Gasteiger partial charge in [0.25, 0.3) is 0 Å². The third-order valence-electron chi connectivity index (χ3n) is 2.76. The van der Waals surface area contributed by atoms with E-state index in [2.05, 4.69) is 4.98 Å². The summed E-state index contributed by atoms with van der Waals surface area (Å²) in [6, 6.07) is 6.08. The summed E-state index contributed by atoms with van der Waals surface area (Å²) in [5.74, 6) is -1.65. The quantitative estimate of drug-likeness (QED) is 0.921. The second kappa shape index (κ2) is 5.25. The molecule has 0 saturated carbocycles. The van der Waals surface area contributed by atoms with Crippen molar-refractivity contribution in [2.75, 3.05) is 0 Å². The number of halogens is 3. The number of alkyl halides is 3. The fraction of sp³-hybridized carbons (Fsp3) is 0.0714. The zero-order chi connectivity index (χ0) is 15.6. The average Bonchev–Trinajstić information content (AvgIpc) is 2.45. The number of pyridine rings is 1. The van der Waals surface area contributed by atoms with Crippen molar-refractivity contribution in [3.63, 3.8) is 0 Å². The van der Waals surface area contributed by atoms with Gasteiger partial charge < -0.3 is 5.11 Å². The zero-order valence-corrected chi connectivity index (χ0v) is 10.3. The van der Waals surface area contributed by atoms with Gasteiger partial charge in [-0.1, -0.05) is 6.07 Å². The van der Waals surface area contributed by atoms with Crippen LogP contribution in [0.3, 0.4) is 0 Å². The average molecular weight is 292 g/mol. The number of benzene rings is 1. The lowest BCUT2D eigenvalue weighted by Crippen LogP contribution is -2.13. The van der Waals surface area contributed by atoms with Gasteiger partial charge in [-0.2, -0.15) is 18.4 Å². The van der Waals surface area contributed by atoms with Crippen LogP contribution in [0.2, 0.25) is 0 Å². The van der Waals surface area contributed by atoms with E-state index < -0.39 is 23.3 Å². The van der Waals surface area contributed by atoms with E-state index >= 15 is 0 Å². The Kier molecular flexibility index (Phi) is 3.63. The van der Waals surface area contributed by atoms with E-state index in [-0.39, 0.29) is 11.1 Å². The maximum atomic E-state index is 12.9. The Morgan fingerprint density at radius 3 is 2.48 bits per heavy atom. The molecule has 0 aliphatic rings. The van der Waals surface area contributed by atoms with Crippen LogP contribution in [0.5, 0.6) is 0 Å². The summed E-state index contributed by atoms with van der Waals surface area (Å²) < 4.78 is 38.8. The first-order valence-corrected chi connectivity index (χ1v) is 5.63. The molecule has 1 aromatic heterocycles. The minimum Gasteiger partial charge on any atom is -0.478 e. The van der Waals surface area contributed by atoms with Crippen LogP contribution in [0, 0.1) is 11.3 Å². The Morgan fingerprint density at radius 1 is 1.19 bits per heavy atom. The van der Waals surface area contributed by atoms with Crippen LogP contribution in [-0.2, 0) is 6.18 Å². The highest BCUT2D eigenvalue weighted by atomic mass is 19.4. The monoisotopic (exact) mass is 292 g/mol. The Hall–Kier alpha value is -2.88. The second-order valence-corrected chi connectivity index (χ2v) is 4.14. The SMILES string of the molecule is N#Cc1cncc(-c2ccc(C(=O)O)c(C(F)(F)F)c2)c1. The van der Waals surface area contributed by atoms with Gasteiger partial charge in [-0.3, -0.25) is 4.98 Å². The maximum absolute atomic E-state index is 12.9. The van der Waals surface area contributed by atoms with Gasteiger partial charge in [0.15, 0.2) is 0 Å². The van der Waals surface area contributed by atoms with Gasteiger partial charge in [0, 0.05) is 18.0 Å². The van der Waals surface area contributed by atoms with Gasteiger partial charge >= 0.3 is 12.1 Å². The summed E-state index contributed by atoms with van der Waals surface area (Å²) in [5, 5.41) is 17.6. The molecule has 0 spiro atoms. The first kappa shape index (κ1) is 14.5. The summed E-state index contributed by atoms with van der Waals surface area (Å²) in [6.07, 6.45) is -2.21. The molecule has 0 radical (unpaired) electrons. The molecule has 0 unspecified atom stereocenters. The van der Waals surface area contributed by atoms with Crippen LogP contribution in [-0.4, -0.2) is 16.1 Å². The number of aromatic carboxylic acids is 1. The third kappa shape index (κ3) is 3.00. The lowest BCUT2D eigenvalue weighted by Gasteiger charge is -2.12. The molecular formula is C14H7F3N2O2. The molecule has 0 aliphatic carbocycles. The van der Waals surface area contributed by atoms with Crippen molar-refractivity contribution in [3.05, 3.63) is 53.3 Å². The molecule has 0 amide bonds. The molecule has 1 N–H and O–H groups in total. The number of hydrogen-bond donors (Lipinski definition) is 1. The number of nitrogens with zero attached hydrogens (tertiary/aromatic N) is 2. The van der Waals surface area contributed by atoms with E-state index in [0.717, 1.165) is 12.1 Å². The van der Waals surface area contributed by atoms with Crippen molar-refractivity contribution < 1.29 is 23.1 Å². The van der Waals surface area contributed by atoms with Crippen molar-refractivity contribution in [2.45, 2.75) is 6.18 Å². The maximum Gasteiger partial charge on any atom is 0.417 e. The highest BCUT2D eigenvalue weighted by Gasteiger charge is 2.35. The van der Waals surface area contributed by atoms with E-state index in [0.29, 0.717) is 5.56 Å². The van der Waals surface area contributed by atoms with Crippen molar-refractivity contribution in [1.82, 2.24) is 4.98 Å². The van der Waals surface area contributed by atoms with Gasteiger partial charge in [0.1, 0.15) is 6.07 Å². The molecule has 0 bridgehead atoms. The zero-order valence-electron chi connectivity index (χ0n) is 10.3. The Morgan fingerprint density at radius 2 is 1.90 bits per heavy atom. The van der Waals surface area contributed by atoms with Gasteiger partial charge in [-0.15, -0.1) is 0 Å². The van der Waals surface area contributed by atoms with E-state index in [1.54, 1.807) is 0 Å². The molecule has 21 heavy (non-hydrogen) atoms. The second-order valence-electron chi connectivity index (χ2n) is 4.14. The Bertz CT molecular complexity index is 749. The molecule has 106 valence electrons. The fourth-order valence-corrected chi connectivity index (χ4v) is 1.80. The summed E-state index contributed by atoms with van der Waals surface area (Å²) in [7, 11) is 0. The lowest BCUT2D eigenvalue weighted by atomic mass is 9.99. The molecule has 0 aliphatic heterocycles. The number of aromatic nitrogens is 1. The predicted octanol–water partition coefficient (Wildman–Crippen LogP) is 3.34. The summed E-state index contributed by atoms with van der Waals surface area (Å²) in [5.41, 5.74) is -1.43. The van der Waals surface area contributed by atoms with E-state index in [4.69, 9.17) is 10.4 Å². The summed E-state index contributed by atoms with van der Waals surface area (Å²) in [4.78, 5) is 14.6. The van der Waals surface area contributed by atoms with Gasteiger partial charge in [0.05, 0.1) is 16.7 Å².